The molecular weight excluding hydrogens is 288 g/mol. The highest BCUT2D eigenvalue weighted by molar-refractivity contribution is 5.80. The highest BCUT2D eigenvalue weighted by atomic mass is 16.4. The molecule has 0 heterocycles. The van der Waals surface area contributed by atoms with Crippen LogP contribution in [-0.4, -0.2) is 22.3 Å². The van der Waals surface area contributed by atoms with Crippen LogP contribution in [0.2, 0.25) is 0 Å². The fourth-order valence-electron chi connectivity index (χ4n) is 5.35. The number of aliphatic carboxylic acids is 1. The maximum Gasteiger partial charge on any atom is 0.328 e. The molecule has 2 N–H and O–H groups in total. The van der Waals surface area contributed by atoms with E-state index in [1.54, 1.807) is 0 Å². The van der Waals surface area contributed by atoms with Crippen molar-refractivity contribution >= 4 is 5.97 Å². The van der Waals surface area contributed by atoms with Gasteiger partial charge >= 0.3 is 5.97 Å². The lowest BCUT2D eigenvalue weighted by Crippen LogP contribution is -2.54. The van der Waals surface area contributed by atoms with Crippen LogP contribution in [0.1, 0.15) is 66.2 Å². The quantitative estimate of drug-likeness (QED) is 0.589. The number of fused-ring (bicyclic) bond motifs is 1. The van der Waals surface area contributed by atoms with Gasteiger partial charge in [-0.3, -0.25) is 0 Å². The number of carbonyl (C=O) groups is 1. The van der Waals surface area contributed by atoms with E-state index in [1.807, 2.05) is 6.92 Å². The summed E-state index contributed by atoms with van der Waals surface area (Å²) in [7, 11) is 0. The zero-order valence-electron chi connectivity index (χ0n) is 15.1. The van der Waals surface area contributed by atoms with Gasteiger partial charge in [0.05, 0.1) is 6.10 Å². The summed E-state index contributed by atoms with van der Waals surface area (Å²) in [6.07, 6.45) is 6.90. The molecule has 0 spiro atoms. The first-order valence-electron chi connectivity index (χ1n) is 8.85. The molecule has 2 aliphatic carbocycles. The van der Waals surface area contributed by atoms with Crippen molar-refractivity contribution in [1.82, 2.24) is 0 Å². The Morgan fingerprint density at radius 3 is 2.61 bits per heavy atom. The number of hydrogen-bond acceptors (Lipinski definition) is 2. The summed E-state index contributed by atoms with van der Waals surface area (Å²) in [4.78, 5) is 10.8. The fraction of sp³-hybridized carbons (Fsp3) is 0.750. The molecule has 3 heteroatoms. The molecule has 0 radical (unpaired) electrons. The molecule has 23 heavy (non-hydrogen) atoms. The third kappa shape index (κ3) is 3.40. The van der Waals surface area contributed by atoms with E-state index >= 15 is 0 Å². The van der Waals surface area contributed by atoms with Crippen molar-refractivity contribution in [2.75, 3.05) is 0 Å². The monoisotopic (exact) mass is 320 g/mol. The Kier molecular flexibility index (Phi) is 5.10. The summed E-state index contributed by atoms with van der Waals surface area (Å²) in [5.41, 5.74) is 2.35. The van der Waals surface area contributed by atoms with Crippen LogP contribution >= 0.6 is 0 Å². The maximum atomic E-state index is 10.8. The van der Waals surface area contributed by atoms with Crippen molar-refractivity contribution < 1.29 is 15.0 Å². The van der Waals surface area contributed by atoms with Crippen molar-refractivity contribution in [2.24, 2.45) is 22.7 Å². The Hall–Kier alpha value is -1.09. The van der Waals surface area contributed by atoms with Gasteiger partial charge in [-0.2, -0.15) is 0 Å². The van der Waals surface area contributed by atoms with Gasteiger partial charge < -0.3 is 10.2 Å². The Morgan fingerprint density at radius 2 is 2.00 bits per heavy atom. The molecular formula is C20H32O3. The number of allylic oxidation sites excluding steroid dienone is 2. The largest absolute Gasteiger partial charge is 0.478 e. The zero-order valence-corrected chi connectivity index (χ0v) is 15.1. The van der Waals surface area contributed by atoms with Crippen molar-refractivity contribution in [2.45, 2.75) is 72.3 Å². The van der Waals surface area contributed by atoms with Gasteiger partial charge in [0.25, 0.3) is 0 Å². The van der Waals surface area contributed by atoms with E-state index < -0.39 is 5.97 Å². The molecule has 0 aromatic heterocycles. The van der Waals surface area contributed by atoms with Gasteiger partial charge in [-0.25, -0.2) is 4.79 Å². The second-order valence-electron chi connectivity index (χ2n) is 8.55. The van der Waals surface area contributed by atoms with E-state index in [1.165, 1.54) is 11.6 Å². The predicted octanol–water partition coefficient (Wildman–Crippen LogP) is 4.57. The lowest BCUT2D eigenvalue weighted by molar-refractivity contribution is -0.131. The molecule has 0 saturated heterocycles. The third-order valence-corrected chi connectivity index (χ3v) is 6.75. The summed E-state index contributed by atoms with van der Waals surface area (Å²) in [6.45, 7) is 13.0. The molecule has 4 atom stereocenters. The lowest BCUT2D eigenvalue weighted by Gasteiger charge is -2.59. The minimum atomic E-state index is -0.865. The summed E-state index contributed by atoms with van der Waals surface area (Å²) in [6, 6.07) is 0. The van der Waals surface area contributed by atoms with Gasteiger partial charge in [-0.05, 0) is 68.1 Å². The van der Waals surface area contributed by atoms with Gasteiger partial charge in [0.1, 0.15) is 0 Å². The fourth-order valence-corrected chi connectivity index (χ4v) is 5.35. The predicted molar refractivity (Wildman–Crippen MR) is 93.1 cm³/mol. The summed E-state index contributed by atoms with van der Waals surface area (Å²) >= 11 is 0. The van der Waals surface area contributed by atoms with Gasteiger partial charge in [0.2, 0.25) is 0 Å². The molecule has 2 rings (SSSR count). The highest BCUT2D eigenvalue weighted by Crippen LogP contribution is 2.61. The number of rotatable bonds is 4. The SMILES string of the molecule is C=C1CCC2C(C)(C)C(O)CCC2(C)C1CC/C(C)=C/C(=O)O. The van der Waals surface area contributed by atoms with E-state index in [9.17, 15) is 9.90 Å². The standard InChI is InChI=1S/C20H32O3/c1-13(12-18(22)23)6-8-15-14(2)7-9-16-19(3,4)17(21)10-11-20(15,16)5/h12,15-17,21H,2,6-11H2,1,3-5H3,(H,22,23)/b13-12+. The van der Waals surface area contributed by atoms with E-state index in [2.05, 4.69) is 27.4 Å². The van der Waals surface area contributed by atoms with Crippen molar-refractivity contribution in [1.29, 1.82) is 0 Å². The molecule has 4 unspecified atom stereocenters. The molecule has 0 aliphatic heterocycles. The van der Waals surface area contributed by atoms with E-state index in [0.29, 0.717) is 11.8 Å². The van der Waals surface area contributed by atoms with E-state index in [-0.39, 0.29) is 16.9 Å². The van der Waals surface area contributed by atoms with Crippen LogP contribution in [0.3, 0.4) is 0 Å². The van der Waals surface area contributed by atoms with Crippen molar-refractivity contribution in [3.63, 3.8) is 0 Å². The van der Waals surface area contributed by atoms with Crippen LogP contribution in [0.15, 0.2) is 23.8 Å². The number of aliphatic hydroxyl groups is 1. The first-order chi connectivity index (χ1) is 10.6. The number of carboxylic acid groups (broad SMARTS) is 1. The average molecular weight is 320 g/mol. The molecule has 0 aromatic carbocycles. The van der Waals surface area contributed by atoms with Crippen molar-refractivity contribution in [3.05, 3.63) is 23.8 Å². The van der Waals surface area contributed by atoms with Crippen LogP contribution in [0.4, 0.5) is 0 Å². The Bertz CT molecular complexity index is 517. The summed E-state index contributed by atoms with van der Waals surface area (Å²) in [5, 5.41) is 19.3. The first kappa shape index (κ1) is 18.3. The molecule has 2 saturated carbocycles. The molecule has 0 bridgehead atoms. The van der Waals surface area contributed by atoms with E-state index in [0.717, 1.165) is 44.1 Å². The number of hydrogen-bond donors (Lipinski definition) is 2. The van der Waals surface area contributed by atoms with Gasteiger partial charge in [0.15, 0.2) is 0 Å². The molecule has 2 fully saturated rings. The average Bonchev–Trinajstić information content (AvgIpc) is 2.42. The number of carboxylic acids is 1. The van der Waals surface area contributed by atoms with Crippen LogP contribution in [0.5, 0.6) is 0 Å². The lowest BCUT2D eigenvalue weighted by atomic mass is 9.46. The molecule has 2 aliphatic rings. The second-order valence-corrected chi connectivity index (χ2v) is 8.55. The summed E-state index contributed by atoms with van der Waals surface area (Å²) < 4.78 is 0. The van der Waals surface area contributed by atoms with Crippen molar-refractivity contribution in [3.8, 4) is 0 Å². The zero-order chi connectivity index (χ0) is 17.4. The minimum absolute atomic E-state index is 0.0576. The van der Waals surface area contributed by atoms with Crippen LogP contribution in [0, 0.1) is 22.7 Å². The minimum Gasteiger partial charge on any atom is -0.478 e. The summed E-state index contributed by atoms with van der Waals surface area (Å²) in [5.74, 6) is 0.0548. The van der Waals surface area contributed by atoms with Crippen LogP contribution in [-0.2, 0) is 4.79 Å². The molecule has 130 valence electrons. The number of aliphatic hydroxyl groups excluding tert-OH is 1. The topological polar surface area (TPSA) is 57.5 Å². The Labute approximate surface area is 140 Å². The van der Waals surface area contributed by atoms with Crippen LogP contribution < -0.4 is 0 Å². The van der Waals surface area contributed by atoms with Gasteiger partial charge in [-0.15, -0.1) is 0 Å². The highest BCUT2D eigenvalue weighted by Gasteiger charge is 2.55. The third-order valence-electron chi connectivity index (χ3n) is 6.75. The van der Waals surface area contributed by atoms with Gasteiger partial charge in [0, 0.05) is 6.08 Å². The van der Waals surface area contributed by atoms with Crippen LogP contribution in [0.25, 0.3) is 0 Å². The molecule has 3 nitrogen and oxygen atoms in total. The molecule has 0 amide bonds. The van der Waals surface area contributed by atoms with Gasteiger partial charge in [-0.1, -0.05) is 38.5 Å². The Balaban J connectivity index is 2.21. The second kappa shape index (κ2) is 6.43. The van der Waals surface area contributed by atoms with E-state index in [4.69, 9.17) is 5.11 Å². The smallest absolute Gasteiger partial charge is 0.328 e. The normalized spacial score (nSPS) is 37.3. The molecule has 0 aromatic rings. The first-order valence-corrected chi connectivity index (χ1v) is 8.85. The maximum absolute atomic E-state index is 10.8. The Morgan fingerprint density at radius 1 is 1.35 bits per heavy atom.